The monoisotopic (exact) mass is 278 g/mol. The molecule has 2 heterocycles. The van der Waals surface area contributed by atoms with E-state index in [9.17, 15) is 0 Å². The lowest BCUT2D eigenvalue weighted by molar-refractivity contribution is 0.306. The number of ether oxygens (including phenoxy) is 1. The van der Waals surface area contributed by atoms with Crippen LogP contribution in [0.25, 0.3) is 10.9 Å². The van der Waals surface area contributed by atoms with Crippen molar-refractivity contribution in [1.29, 1.82) is 0 Å². The summed E-state index contributed by atoms with van der Waals surface area (Å²) < 4.78 is 5.90. The molecule has 4 rings (SSSR count). The molecule has 0 unspecified atom stereocenters. The van der Waals surface area contributed by atoms with Crippen molar-refractivity contribution in [3.63, 3.8) is 0 Å². The van der Waals surface area contributed by atoms with Gasteiger partial charge in [-0.25, -0.2) is 0 Å². The minimum absolute atomic E-state index is 0.605. The van der Waals surface area contributed by atoms with Crippen LogP contribution in [0, 0.1) is 0 Å². The zero-order chi connectivity index (χ0) is 14.1. The van der Waals surface area contributed by atoms with Gasteiger partial charge < -0.3 is 15.0 Å². The third-order valence-corrected chi connectivity index (χ3v) is 4.07. The minimum atomic E-state index is 0.605. The van der Waals surface area contributed by atoms with Gasteiger partial charge in [0.05, 0.1) is 0 Å². The molecular formula is C18H18N2O. The van der Waals surface area contributed by atoms with Crippen molar-refractivity contribution >= 4 is 10.9 Å². The molecule has 0 radical (unpaired) electrons. The van der Waals surface area contributed by atoms with Gasteiger partial charge in [0, 0.05) is 29.2 Å². The molecule has 3 heteroatoms. The first-order valence-corrected chi connectivity index (χ1v) is 7.41. The molecule has 0 aliphatic carbocycles. The van der Waals surface area contributed by atoms with Gasteiger partial charge in [-0.2, -0.15) is 0 Å². The van der Waals surface area contributed by atoms with E-state index in [4.69, 9.17) is 4.74 Å². The molecule has 1 aliphatic heterocycles. The number of benzene rings is 2. The van der Waals surface area contributed by atoms with Gasteiger partial charge in [0.1, 0.15) is 12.4 Å². The molecule has 0 amide bonds. The first kappa shape index (κ1) is 12.5. The average molecular weight is 278 g/mol. The quantitative estimate of drug-likeness (QED) is 0.770. The zero-order valence-corrected chi connectivity index (χ0v) is 11.9. The Hall–Kier alpha value is -2.26. The molecule has 0 fully saturated rings. The third-order valence-electron chi connectivity index (χ3n) is 4.07. The highest BCUT2D eigenvalue weighted by Crippen LogP contribution is 2.28. The molecule has 2 aromatic carbocycles. The second-order valence-electron chi connectivity index (χ2n) is 5.49. The van der Waals surface area contributed by atoms with E-state index in [-0.39, 0.29) is 0 Å². The van der Waals surface area contributed by atoms with Crippen LogP contribution in [-0.2, 0) is 19.6 Å². The van der Waals surface area contributed by atoms with E-state index in [1.54, 1.807) is 0 Å². The second-order valence-corrected chi connectivity index (χ2v) is 5.49. The topological polar surface area (TPSA) is 37.0 Å². The van der Waals surface area contributed by atoms with Crippen LogP contribution in [0.15, 0.2) is 48.5 Å². The second kappa shape index (κ2) is 5.26. The molecule has 0 bridgehead atoms. The molecule has 1 aromatic heterocycles. The van der Waals surface area contributed by atoms with Crippen LogP contribution in [0.5, 0.6) is 5.75 Å². The summed E-state index contributed by atoms with van der Waals surface area (Å²) in [5.74, 6) is 0.915. The minimum Gasteiger partial charge on any atom is -0.489 e. The summed E-state index contributed by atoms with van der Waals surface area (Å²) in [4.78, 5) is 3.51. The molecule has 0 saturated carbocycles. The Morgan fingerprint density at radius 1 is 1.05 bits per heavy atom. The number of rotatable bonds is 3. The van der Waals surface area contributed by atoms with E-state index >= 15 is 0 Å². The smallest absolute Gasteiger partial charge is 0.121 e. The highest BCUT2D eigenvalue weighted by Gasteiger charge is 2.14. The fraction of sp³-hybridized carbons (Fsp3) is 0.222. The standard InChI is InChI=1S/C18H18N2O/c1-2-4-13(5-3-1)12-21-14-6-7-15-16-8-9-19-11-18(16)20-17(15)10-14/h1-7,10,19-20H,8-9,11-12H2. The Morgan fingerprint density at radius 2 is 1.95 bits per heavy atom. The Labute approximate surface area is 123 Å². The van der Waals surface area contributed by atoms with Crippen LogP contribution in [0.3, 0.4) is 0 Å². The zero-order valence-electron chi connectivity index (χ0n) is 11.9. The van der Waals surface area contributed by atoms with Crippen LogP contribution in [0.1, 0.15) is 16.8 Å². The lowest BCUT2D eigenvalue weighted by Gasteiger charge is -2.12. The Kier molecular flexibility index (Phi) is 3.13. The number of aromatic nitrogens is 1. The van der Waals surface area contributed by atoms with Crippen molar-refractivity contribution < 1.29 is 4.74 Å². The third kappa shape index (κ3) is 2.41. The molecule has 2 N–H and O–H groups in total. The maximum Gasteiger partial charge on any atom is 0.121 e. The highest BCUT2D eigenvalue weighted by atomic mass is 16.5. The molecule has 0 atom stereocenters. The molecule has 3 nitrogen and oxygen atoms in total. The molecule has 3 aromatic rings. The molecule has 21 heavy (non-hydrogen) atoms. The van der Waals surface area contributed by atoms with E-state index in [1.807, 2.05) is 18.2 Å². The fourth-order valence-corrected chi connectivity index (χ4v) is 2.98. The van der Waals surface area contributed by atoms with Crippen molar-refractivity contribution in [2.75, 3.05) is 6.54 Å². The van der Waals surface area contributed by atoms with Gasteiger partial charge in [-0.15, -0.1) is 0 Å². The van der Waals surface area contributed by atoms with Crippen LogP contribution < -0.4 is 10.1 Å². The van der Waals surface area contributed by atoms with Crippen molar-refractivity contribution in [1.82, 2.24) is 10.3 Å². The molecule has 106 valence electrons. The molecular weight excluding hydrogens is 260 g/mol. The average Bonchev–Trinajstić information content (AvgIpc) is 2.91. The summed E-state index contributed by atoms with van der Waals surface area (Å²) in [6.45, 7) is 2.60. The van der Waals surface area contributed by atoms with Gasteiger partial charge in [-0.3, -0.25) is 0 Å². The van der Waals surface area contributed by atoms with Gasteiger partial charge in [-0.05, 0) is 36.2 Å². The number of hydrogen-bond donors (Lipinski definition) is 2. The van der Waals surface area contributed by atoms with Crippen molar-refractivity contribution in [3.8, 4) is 5.75 Å². The number of hydrogen-bond acceptors (Lipinski definition) is 2. The molecule has 1 aliphatic rings. The lowest BCUT2D eigenvalue weighted by atomic mass is 10.0. The Morgan fingerprint density at radius 3 is 2.86 bits per heavy atom. The summed E-state index contributed by atoms with van der Waals surface area (Å²) in [5.41, 5.74) is 5.14. The van der Waals surface area contributed by atoms with Crippen molar-refractivity contribution in [3.05, 3.63) is 65.4 Å². The van der Waals surface area contributed by atoms with Crippen molar-refractivity contribution in [2.45, 2.75) is 19.6 Å². The van der Waals surface area contributed by atoms with E-state index in [1.165, 1.54) is 27.7 Å². The SMILES string of the molecule is c1ccc(COc2ccc3c4c([nH]c3c2)CNCC4)cc1. The first-order chi connectivity index (χ1) is 10.4. The van der Waals surface area contributed by atoms with Crippen LogP contribution in [0.2, 0.25) is 0 Å². The first-order valence-electron chi connectivity index (χ1n) is 7.41. The fourth-order valence-electron chi connectivity index (χ4n) is 2.98. The highest BCUT2D eigenvalue weighted by molar-refractivity contribution is 5.86. The number of aromatic amines is 1. The Balaban J connectivity index is 1.59. The van der Waals surface area contributed by atoms with E-state index in [0.29, 0.717) is 6.61 Å². The van der Waals surface area contributed by atoms with Crippen LogP contribution in [0.4, 0.5) is 0 Å². The van der Waals surface area contributed by atoms with Gasteiger partial charge in [0.25, 0.3) is 0 Å². The number of fused-ring (bicyclic) bond motifs is 3. The Bertz CT molecular complexity index is 761. The van der Waals surface area contributed by atoms with Gasteiger partial charge in [0.15, 0.2) is 0 Å². The van der Waals surface area contributed by atoms with Crippen LogP contribution >= 0.6 is 0 Å². The van der Waals surface area contributed by atoms with Gasteiger partial charge in [-0.1, -0.05) is 30.3 Å². The summed E-state index contributed by atoms with van der Waals surface area (Å²) in [5, 5.41) is 4.73. The maximum absolute atomic E-state index is 5.90. The lowest BCUT2D eigenvalue weighted by Crippen LogP contribution is -2.22. The van der Waals surface area contributed by atoms with Crippen molar-refractivity contribution in [2.24, 2.45) is 0 Å². The van der Waals surface area contributed by atoms with E-state index in [0.717, 1.165) is 25.3 Å². The van der Waals surface area contributed by atoms with E-state index < -0.39 is 0 Å². The maximum atomic E-state index is 5.90. The summed E-state index contributed by atoms with van der Waals surface area (Å²) in [6.07, 6.45) is 1.10. The van der Waals surface area contributed by atoms with Gasteiger partial charge >= 0.3 is 0 Å². The number of nitrogens with one attached hydrogen (secondary N) is 2. The number of H-pyrrole nitrogens is 1. The molecule has 0 saturated heterocycles. The normalized spacial score (nSPS) is 14.1. The van der Waals surface area contributed by atoms with Crippen LogP contribution in [-0.4, -0.2) is 11.5 Å². The molecule has 0 spiro atoms. The van der Waals surface area contributed by atoms with E-state index in [2.05, 4.69) is 40.6 Å². The summed E-state index contributed by atoms with van der Waals surface area (Å²) in [7, 11) is 0. The predicted octanol–water partition coefficient (Wildman–Crippen LogP) is 3.39. The predicted molar refractivity (Wildman–Crippen MR) is 84.5 cm³/mol. The largest absolute Gasteiger partial charge is 0.489 e. The summed E-state index contributed by atoms with van der Waals surface area (Å²) >= 11 is 0. The van der Waals surface area contributed by atoms with Gasteiger partial charge in [0.2, 0.25) is 0 Å². The summed E-state index contributed by atoms with van der Waals surface area (Å²) in [6, 6.07) is 16.6.